The van der Waals surface area contributed by atoms with Crippen molar-refractivity contribution in [3.8, 4) is 17.2 Å². The number of guanidine groups is 1. The second-order valence-corrected chi connectivity index (χ2v) is 6.45. The van der Waals surface area contributed by atoms with Crippen LogP contribution in [-0.2, 0) is 11.3 Å². The van der Waals surface area contributed by atoms with Gasteiger partial charge in [-0.25, -0.2) is 4.99 Å². The molecule has 0 fully saturated rings. The zero-order chi connectivity index (χ0) is 20.1. The number of nitrogens with zero attached hydrogens (tertiary/aromatic N) is 1. The molecule has 162 valence electrons. The van der Waals surface area contributed by atoms with Gasteiger partial charge in [-0.15, -0.1) is 24.0 Å². The van der Waals surface area contributed by atoms with Crippen LogP contribution >= 0.6 is 24.0 Å². The first-order chi connectivity index (χ1) is 13.0. The van der Waals surface area contributed by atoms with Crippen LogP contribution in [0.15, 0.2) is 17.1 Å². The molecule has 7 nitrogen and oxygen atoms in total. The molecule has 28 heavy (non-hydrogen) atoms. The van der Waals surface area contributed by atoms with E-state index in [0.717, 1.165) is 44.2 Å². The Morgan fingerprint density at radius 1 is 1.04 bits per heavy atom. The van der Waals surface area contributed by atoms with Gasteiger partial charge in [0, 0.05) is 38.4 Å². The summed E-state index contributed by atoms with van der Waals surface area (Å²) >= 11 is 0. The summed E-state index contributed by atoms with van der Waals surface area (Å²) in [5.74, 6) is 3.37. The fourth-order valence-electron chi connectivity index (χ4n) is 2.43. The van der Waals surface area contributed by atoms with Gasteiger partial charge in [0.05, 0.1) is 33.4 Å². The van der Waals surface area contributed by atoms with Gasteiger partial charge in [-0.05, 0) is 19.3 Å². The minimum absolute atomic E-state index is 0. The Hall–Kier alpha value is -1.42. The first-order valence-corrected chi connectivity index (χ1v) is 9.44. The number of methoxy groups -OCH3 is 3. The van der Waals surface area contributed by atoms with Crippen molar-refractivity contribution in [3.63, 3.8) is 0 Å². The van der Waals surface area contributed by atoms with Crippen molar-refractivity contribution >= 4 is 29.9 Å². The second kappa shape index (κ2) is 15.5. The highest BCUT2D eigenvalue weighted by atomic mass is 127. The zero-order valence-electron chi connectivity index (χ0n) is 18.0. The Morgan fingerprint density at radius 3 is 2.18 bits per heavy atom. The van der Waals surface area contributed by atoms with Gasteiger partial charge in [0.25, 0.3) is 0 Å². The third-order valence-electron chi connectivity index (χ3n) is 3.77. The molecule has 0 saturated carbocycles. The lowest BCUT2D eigenvalue weighted by atomic mass is 10.1. The summed E-state index contributed by atoms with van der Waals surface area (Å²) in [4.78, 5) is 4.66. The molecule has 0 aliphatic rings. The predicted octanol–water partition coefficient (Wildman–Crippen LogP) is 3.45. The smallest absolute Gasteiger partial charge is 0.191 e. The van der Waals surface area contributed by atoms with Crippen LogP contribution in [0, 0.1) is 5.92 Å². The van der Waals surface area contributed by atoms with E-state index in [9.17, 15) is 0 Å². The number of ether oxygens (including phenoxy) is 4. The maximum atomic E-state index is 5.60. The first-order valence-electron chi connectivity index (χ1n) is 9.44. The summed E-state index contributed by atoms with van der Waals surface area (Å²) in [5, 5.41) is 6.58. The van der Waals surface area contributed by atoms with Crippen molar-refractivity contribution in [2.75, 3.05) is 47.6 Å². The van der Waals surface area contributed by atoms with Gasteiger partial charge in [0.2, 0.25) is 0 Å². The summed E-state index contributed by atoms with van der Waals surface area (Å²) in [6, 6.07) is 3.67. The molecule has 0 atom stereocenters. The van der Waals surface area contributed by atoms with E-state index in [2.05, 4.69) is 29.5 Å². The normalized spacial score (nSPS) is 11.0. The van der Waals surface area contributed by atoms with Crippen LogP contribution in [0.2, 0.25) is 0 Å². The molecule has 0 aromatic heterocycles. The minimum atomic E-state index is 0. The molecule has 8 heteroatoms. The predicted molar refractivity (Wildman–Crippen MR) is 125 cm³/mol. The molecule has 0 radical (unpaired) electrons. The second-order valence-electron chi connectivity index (χ2n) is 6.45. The highest BCUT2D eigenvalue weighted by Crippen LogP contribution is 2.34. The van der Waals surface area contributed by atoms with Crippen molar-refractivity contribution in [1.29, 1.82) is 0 Å². The van der Waals surface area contributed by atoms with Crippen LogP contribution in [0.3, 0.4) is 0 Å². The zero-order valence-corrected chi connectivity index (χ0v) is 20.3. The largest absolute Gasteiger partial charge is 0.496 e. The van der Waals surface area contributed by atoms with Crippen LogP contribution in [0.5, 0.6) is 17.2 Å². The van der Waals surface area contributed by atoms with Gasteiger partial charge in [0.15, 0.2) is 5.96 Å². The van der Waals surface area contributed by atoms with E-state index in [4.69, 9.17) is 18.9 Å². The van der Waals surface area contributed by atoms with Gasteiger partial charge >= 0.3 is 0 Å². The molecule has 1 aromatic carbocycles. The third-order valence-corrected chi connectivity index (χ3v) is 3.77. The molecule has 1 aromatic rings. The maximum absolute atomic E-state index is 5.60. The summed E-state index contributed by atoms with van der Waals surface area (Å²) in [6.07, 6.45) is 0.923. The number of nitrogens with one attached hydrogen (secondary N) is 2. The summed E-state index contributed by atoms with van der Waals surface area (Å²) in [6.45, 7) is 9.88. The summed E-state index contributed by atoms with van der Waals surface area (Å²) in [5.41, 5.74) is 0.873. The molecular weight excluding hydrogens is 473 g/mol. The van der Waals surface area contributed by atoms with Crippen LogP contribution in [-0.4, -0.2) is 53.6 Å². The molecule has 0 saturated heterocycles. The lowest BCUT2D eigenvalue weighted by Crippen LogP contribution is -2.38. The van der Waals surface area contributed by atoms with Gasteiger partial charge in [-0.2, -0.15) is 0 Å². The number of rotatable bonds is 12. The van der Waals surface area contributed by atoms with E-state index in [-0.39, 0.29) is 24.0 Å². The van der Waals surface area contributed by atoms with Crippen molar-refractivity contribution in [3.05, 3.63) is 17.7 Å². The fraction of sp³-hybridized carbons (Fsp3) is 0.650. The van der Waals surface area contributed by atoms with Gasteiger partial charge in [0.1, 0.15) is 17.2 Å². The van der Waals surface area contributed by atoms with Crippen LogP contribution < -0.4 is 24.8 Å². The van der Waals surface area contributed by atoms with E-state index in [1.165, 1.54) is 0 Å². The Labute approximate surface area is 186 Å². The number of hydrogen-bond acceptors (Lipinski definition) is 5. The highest BCUT2D eigenvalue weighted by molar-refractivity contribution is 14.0. The monoisotopic (exact) mass is 509 g/mol. The minimum Gasteiger partial charge on any atom is -0.496 e. The quantitative estimate of drug-likeness (QED) is 0.195. The highest BCUT2D eigenvalue weighted by Gasteiger charge is 2.13. The van der Waals surface area contributed by atoms with E-state index >= 15 is 0 Å². The average molecular weight is 509 g/mol. The Morgan fingerprint density at radius 2 is 1.68 bits per heavy atom. The standard InChI is InChI=1S/C20H35N3O4.HI/c1-7-21-20(22-9-8-10-27-14-15(2)3)23-13-17-18(25-5)11-16(24-4)12-19(17)26-6;/h11-12,15H,7-10,13-14H2,1-6H3,(H2,21,22,23);1H. The Bertz CT molecular complexity index is 558. The van der Waals surface area contributed by atoms with E-state index in [1.54, 1.807) is 21.3 Å². The van der Waals surface area contributed by atoms with Gasteiger partial charge < -0.3 is 29.6 Å². The van der Waals surface area contributed by atoms with Gasteiger partial charge in [-0.3, -0.25) is 0 Å². The lowest BCUT2D eigenvalue weighted by Gasteiger charge is -2.15. The van der Waals surface area contributed by atoms with Crippen molar-refractivity contribution in [2.24, 2.45) is 10.9 Å². The Kier molecular flexibility index (Phi) is 14.7. The van der Waals surface area contributed by atoms with Crippen LogP contribution in [0.25, 0.3) is 0 Å². The van der Waals surface area contributed by atoms with E-state index < -0.39 is 0 Å². The van der Waals surface area contributed by atoms with E-state index in [0.29, 0.717) is 29.7 Å². The SMILES string of the molecule is CCNC(=NCc1c(OC)cc(OC)cc1OC)NCCCOCC(C)C.I. The molecule has 0 aliphatic heterocycles. The number of aliphatic imine (C=N–C) groups is 1. The van der Waals surface area contributed by atoms with Crippen molar-refractivity contribution in [2.45, 2.75) is 33.7 Å². The summed E-state index contributed by atoms with van der Waals surface area (Å²) in [7, 11) is 4.87. The molecular formula is C20H36IN3O4. The Balaban J connectivity index is 0.00000729. The molecule has 1 rings (SSSR count). The lowest BCUT2D eigenvalue weighted by molar-refractivity contribution is 0.108. The summed E-state index contributed by atoms with van der Waals surface area (Å²) < 4.78 is 21.9. The molecule has 0 spiro atoms. The van der Waals surface area contributed by atoms with Crippen molar-refractivity contribution in [1.82, 2.24) is 10.6 Å². The fourth-order valence-corrected chi connectivity index (χ4v) is 2.43. The number of benzene rings is 1. The number of halogens is 1. The van der Waals surface area contributed by atoms with Crippen LogP contribution in [0.1, 0.15) is 32.8 Å². The number of hydrogen-bond donors (Lipinski definition) is 2. The van der Waals surface area contributed by atoms with Gasteiger partial charge in [-0.1, -0.05) is 13.8 Å². The van der Waals surface area contributed by atoms with Crippen molar-refractivity contribution < 1.29 is 18.9 Å². The molecule has 2 N–H and O–H groups in total. The molecule has 0 unspecified atom stereocenters. The third kappa shape index (κ3) is 9.68. The molecule has 0 amide bonds. The average Bonchev–Trinajstić information content (AvgIpc) is 2.67. The first kappa shape index (κ1) is 26.6. The molecule has 0 bridgehead atoms. The van der Waals surface area contributed by atoms with E-state index in [1.807, 2.05) is 19.1 Å². The molecule has 0 heterocycles. The maximum Gasteiger partial charge on any atom is 0.191 e. The topological polar surface area (TPSA) is 73.3 Å². The molecule has 0 aliphatic carbocycles. The van der Waals surface area contributed by atoms with Crippen LogP contribution in [0.4, 0.5) is 0 Å².